The third-order valence-corrected chi connectivity index (χ3v) is 5.47. The average Bonchev–Trinajstić information content (AvgIpc) is 3.38. The van der Waals surface area contributed by atoms with Crippen molar-refractivity contribution in [2.24, 2.45) is 0 Å². The molecule has 2 aromatic rings. The van der Waals surface area contributed by atoms with E-state index in [2.05, 4.69) is 5.16 Å². The summed E-state index contributed by atoms with van der Waals surface area (Å²) in [7, 11) is 0. The van der Waals surface area contributed by atoms with Gasteiger partial charge in [-0.1, -0.05) is 25.1 Å². The highest BCUT2D eigenvalue weighted by molar-refractivity contribution is 5.93. The number of carbonyl (C=O) groups excluding carboxylic acids is 2. The molecule has 30 heavy (non-hydrogen) atoms. The summed E-state index contributed by atoms with van der Waals surface area (Å²) in [6, 6.07) is 5.71. The number of carbonyl (C=O) groups is 2. The van der Waals surface area contributed by atoms with Gasteiger partial charge in [-0.3, -0.25) is 4.79 Å². The van der Waals surface area contributed by atoms with Gasteiger partial charge in [0, 0.05) is 12.5 Å². The number of hydrogen-bond donors (Lipinski definition) is 0. The van der Waals surface area contributed by atoms with Gasteiger partial charge >= 0.3 is 5.97 Å². The van der Waals surface area contributed by atoms with Gasteiger partial charge in [-0.05, 0) is 37.5 Å². The van der Waals surface area contributed by atoms with E-state index in [0.29, 0.717) is 42.5 Å². The van der Waals surface area contributed by atoms with Gasteiger partial charge < -0.3 is 23.6 Å². The molecule has 3 heterocycles. The number of amides is 1. The minimum absolute atomic E-state index is 0.0115. The van der Waals surface area contributed by atoms with Crippen LogP contribution in [0, 0.1) is 6.92 Å². The van der Waals surface area contributed by atoms with Crippen molar-refractivity contribution >= 4 is 11.9 Å². The fourth-order valence-electron chi connectivity index (χ4n) is 3.99. The van der Waals surface area contributed by atoms with Crippen LogP contribution in [0.3, 0.4) is 0 Å². The van der Waals surface area contributed by atoms with Crippen LogP contribution in [-0.4, -0.2) is 48.3 Å². The number of aromatic nitrogens is 1. The van der Waals surface area contributed by atoms with Crippen molar-refractivity contribution in [1.82, 2.24) is 10.1 Å². The van der Waals surface area contributed by atoms with Crippen LogP contribution >= 0.6 is 0 Å². The standard InChI is InChI=1S/C22H26N2O6/c1-13(2)21-20(14(3)23-30-21)22(26)29-12-19(25)24-8-4-5-16(24)15-6-7-17-18(11-15)28-10-9-27-17/h6-7,11,13,16H,4-5,8-10,12H2,1-3H3. The van der Waals surface area contributed by atoms with Crippen molar-refractivity contribution in [3.05, 3.63) is 40.8 Å². The Morgan fingerprint density at radius 1 is 1.23 bits per heavy atom. The third-order valence-electron chi connectivity index (χ3n) is 5.47. The first-order valence-corrected chi connectivity index (χ1v) is 10.3. The summed E-state index contributed by atoms with van der Waals surface area (Å²) in [5, 5.41) is 3.86. The molecule has 0 aliphatic carbocycles. The Labute approximate surface area is 175 Å². The fraction of sp³-hybridized carbons (Fsp3) is 0.500. The van der Waals surface area contributed by atoms with Gasteiger partial charge in [0.05, 0.1) is 11.7 Å². The number of ether oxygens (including phenoxy) is 3. The van der Waals surface area contributed by atoms with E-state index in [1.54, 1.807) is 11.8 Å². The molecule has 1 amide bonds. The van der Waals surface area contributed by atoms with Crippen LogP contribution in [0.5, 0.6) is 11.5 Å². The Balaban J connectivity index is 1.43. The average molecular weight is 414 g/mol. The van der Waals surface area contributed by atoms with Crippen LogP contribution in [0.2, 0.25) is 0 Å². The van der Waals surface area contributed by atoms with E-state index < -0.39 is 5.97 Å². The highest BCUT2D eigenvalue weighted by atomic mass is 16.6. The van der Waals surface area contributed by atoms with Gasteiger partial charge in [0.25, 0.3) is 5.91 Å². The van der Waals surface area contributed by atoms with Crippen molar-refractivity contribution in [3.63, 3.8) is 0 Å². The molecule has 0 saturated carbocycles. The Kier molecular flexibility index (Phi) is 5.65. The largest absolute Gasteiger partial charge is 0.486 e. The molecule has 160 valence electrons. The number of fused-ring (bicyclic) bond motifs is 1. The summed E-state index contributed by atoms with van der Waals surface area (Å²) in [5.74, 6) is 1.08. The lowest BCUT2D eigenvalue weighted by Gasteiger charge is -2.26. The van der Waals surface area contributed by atoms with E-state index in [1.807, 2.05) is 32.0 Å². The topological polar surface area (TPSA) is 91.1 Å². The number of likely N-dealkylation sites (tertiary alicyclic amines) is 1. The highest BCUT2D eigenvalue weighted by Crippen LogP contribution is 2.38. The number of rotatable bonds is 5. The van der Waals surface area contributed by atoms with Gasteiger partial charge in [0.1, 0.15) is 18.8 Å². The maximum atomic E-state index is 12.8. The first kappa shape index (κ1) is 20.3. The predicted molar refractivity (Wildman–Crippen MR) is 107 cm³/mol. The summed E-state index contributed by atoms with van der Waals surface area (Å²) in [6.07, 6.45) is 1.74. The minimum atomic E-state index is -0.583. The number of benzene rings is 1. The smallest absolute Gasteiger partial charge is 0.344 e. The summed E-state index contributed by atoms with van der Waals surface area (Å²) < 4.78 is 21.8. The van der Waals surface area contributed by atoms with E-state index in [0.717, 1.165) is 24.2 Å². The minimum Gasteiger partial charge on any atom is -0.486 e. The first-order valence-electron chi connectivity index (χ1n) is 10.3. The fourth-order valence-corrected chi connectivity index (χ4v) is 3.99. The van der Waals surface area contributed by atoms with Gasteiger partial charge in [-0.15, -0.1) is 0 Å². The molecule has 0 bridgehead atoms. The number of esters is 1. The van der Waals surface area contributed by atoms with Gasteiger partial charge in [-0.2, -0.15) is 0 Å². The highest BCUT2D eigenvalue weighted by Gasteiger charge is 2.32. The molecular weight excluding hydrogens is 388 g/mol. The quantitative estimate of drug-likeness (QED) is 0.693. The summed E-state index contributed by atoms with van der Waals surface area (Å²) >= 11 is 0. The second-order valence-electron chi connectivity index (χ2n) is 7.89. The van der Waals surface area contributed by atoms with E-state index in [1.165, 1.54) is 0 Å². The molecule has 2 aliphatic rings. The SMILES string of the molecule is Cc1noc(C(C)C)c1C(=O)OCC(=O)N1CCCC1c1ccc2c(c1)OCCO2. The molecule has 2 aliphatic heterocycles. The molecule has 8 heteroatoms. The lowest BCUT2D eigenvalue weighted by Crippen LogP contribution is -2.34. The van der Waals surface area contributed by atoms with Crippen molar-refractivity contribution in [2.75, 3.05) is 26.4 Å². The van der Waals surface area contributed by atoms with Crippen molar-refractivity contribution in [3.8, 4) is 11.5 Å². The van der Waals surface area contributed by atoms with Crippen LogP contribution in [0.1, 0.15) is 66.0 Å². The lowest BCUT2D eigenvalue weighted by molar-refractivity contribution is -0.135. The second kappa shape index (κ2) is 8.38. The number of aryl methyl sites for hydroxylation is 1. The molecule has 1 unspecified atom stereocenters. The van der Waals surface area contributed by atoms with Crippen LogP contribution in [-0.2, 0) is 9.53 Å². The lowest BCUT2D eigenvalue weighted by atomic mass is 10.0. The van der Waals surface area contributed by atoms with Gasteiger partial charge in [0.15, 0.2) is 23.9 Å². The molecule has 1 aromatic heterocycles. The summed E-state index contributed by atoms with van der Waals surface area (Å²) in [4.78, 5) is 27.2. The van der Waals surface area contributed by atoms with Gasteiger partial charge in [-0.25, -0.2) is 4.79 Å². The molecule has 0 radical (unpaired) electrons. The Bertz CT molecular complexity index is 951. The van der Waals surface area contributed by atoms with E-state index in [-0.39, 0.29) is 24.5 Å². The molecule has 8 nitrogen and oxygen atoms in total. The van der Waals surface area contributed by atoms with Crippen LogP contribution in [0.4, 0.5) is 0 Å². The zero-order valence-electron chi connectivity index (χ0n) is 17.5. The maximum absolute atomic E-state index is 12.8. The van der Waals surface area contributed by atoms with E-state index in [4.69, 9.17) is 18.7 Å². The molecule has 1 atom stereocenters. The predicted octanol–water partition coefficient (Wildman–Crippen LogP) is 3.40. The molecule has 0 N–H and O–H groups in total. The Morgan fingerprint density at radius 3 is 2.77 bits per heavy atom. The zero-order chi connectivity index (χ0) is 21.3. The molecule has 1 aromatic carbocycles. The molecule has 1 fully saturated rings. The molecule has 1 saturated heterocycles. The van der Waals surface area contributed by atoms with E-state index in [9.17, 15) is 9.59 Å². The zero-order valence-corrected chi connectivity index (χ0v) is 17.5. The number of hydrogen-bond acceptors (Lipinski definition) is 7. The summed E-state index contributed by atoms with van der Waals surface area (Å²) in [5.41, 5.74) is 1.77. The summed E-state index contributed by atoms with van der Waals surface area (Å²) in [6.45, 7) is 6.86. The van der Waals surface area contributed by atoms with E-state index >= 15 is 0 Å². The monoisotopic (exact) mass is 414 g/mol. The normalized spacial score (nSPS) is 18.0. The Morgan fingerprint density at radius 2 is 2.00 bits per heavy atom. The van der Waals surface area contributed by atoms with Crippen LogP contribution in [0.25, 0.3) is 0 Å². The maximum Gasteiger partial charge on any atom is 0.344 e. The molecule has 4 rings (SSSR count). The van der Waals surface area contributed by atoms with Crippen LogP contribution in [0.15, 0.2) is 22.7 Å². The number of nitrogens with zero attached hydrogens (tertiary/aromatic N) is 2. The third kappa shape index (κ3) is 3.86. The first-order chi connectivity index (χ1) is 14.5. The van der Waals surface area contributed by atoms with Crippen molar-refractivity contribution in [2.45, 2.75) is 45.6 Å². The molecular formula is C22H26N2O6. The van der Waals surface area contributed by atoms with Crippen molar-refractivity contribution < 1.29 is 28.3 Å². The second-order valence-corrected chi connectivity index (χ2v) is 7.89. The Hall–Kier alpha value is -3.03. The van der Waals surface area contributed by atoms with Crippen molar-refractivity contribution in [1.29, 1.82) is 0 Å². The molecule has 0 spiro atoms. The van der Waals surface area contributed by atoms with Crippen LogP contribution < -0.4 is 9.47 Å². The van der Waals surface area contributed by atoms with Gasteiger partial charge in [0.2, 0.25) is 0 Å².